The summed E-state index contributed by atoms with van der Waals surface area (Å²) in [6, 6.07) is 31.2. The Bertz CT molecular complexity index is 2140. The molecule has 0 radical (unpaired) electrons. The number of carbonyl (C=O) groups excluding carboxylic acids is 5. The highest BCUT2D eigenvalue weighted by atomic mass is 32.1. The lowest BCUT2D eigenvalue weighted by Gasteiger charge is -2.26. The maximum Gasteiger partial charge on any atom is 0.326 e. The maximum absolute atomic E-state index is 14.3. The number of carboxylic acids is 1. The van der Waals surface area contributed by atoms with Crippen molar-refractivity contribution in [3.05, 3.63) is 148 Å². The summed E-state index contributed by atoms with van der Waals surface area (Å²) in [6.07, 6.45) is -0.534. The van der Waals surface area contributed by atoms with Gasteiger partial charge in [-0.05, 0) is 51.4 Å². The maximum atomic E-state index is 14.3. The minimum atomic E-state index is -1.36. The summed E-state index contributed by atoms with van der Waals surface area (Å²) in [7, 11) is 0. The van der Waals surface area contributed by atoms with Gasteiger partial charge in [-0.1, -0.05) is 103 Å². The normalized spacial score (nSPS) is 19.8. The molecule has 3 heterocycles. The molecule has 0 saturated heterocycles. The van der Waals surface area contributed by atoms with E-state index in [0.717, 1.165) is 16.0 Å². The van der Waals surface area contributed by atoms with Crippen molar-refractivity contribution in [1.82, 2.24) is 21.3 Å². The summed E-state index contributed by atoms with van der Waals surface area (Å²) in [5.41, 5.74) is 4.29. The SMILES string of the molecule is O=C1CC(=O)NC(Cc2cccs2)C(=O)NC(Cc2ccc(-c3ccccc3)cc2)C(=O)NC(Cc2ccccc2)C(=O)NC(C(=O)O)Cc2ccc(cc2)N1. The Morgan fingerprint density at radius 2 is 1.12 bits per heavy atom. The highest BCUT2D eigenvalue weighted by Crippen LogP contribution is 2.20. The van der Waals surface area contributed by atoms with Crippen LogP contribution in [0.2, 0.25) is 0 Å². The Hall–Kier alpha value is -6.60. The molecule has 0 saturated carbocycles. The van der Waals surface area contributed by atoms with E-state index in [0.29, 0.717) is 22.4 Å². The first kappa shape index (κ1) is 39.1. The van der Waals surface area contributed by atoms with E-state index < -0.39 is 66.1 Å². The highest BCUT2D eigenvalue weighted by molar-refractivity contribution is 7.09. The van der Waals surface area contributed by atoms with Gasteiger partial charge in [0.2, 0.25) is 29.5 Å². The van der Waals surface area contributed by atoms with E-state index in [-0.39, 0.29) is 25.7 Å². The van der Waals surface area contributed by atoms with E-state index in [1.54, 1.807) is 48.5 Å². The molecule has 4 aromatic carbocycles. The van der Waals surface area contributed by atoms with Crippen LogP contribution < -0.4 is 26.6 Å². The second kappa shape index (κ2) is 18.6. The number of carbonyl (C=O) groups is 6. The Labute approximate surface area is 327 Å². The average Bonchev–Trinajstić information content (AvgIpc) is 3.71. The van der Waals surface area contributed by atoms with E-state index in [2.05, 4.69) is 26.6 Å². The van der Waals surface area contributed by atoms with Gasteiger partial charge in [0.15, 0.2) is 0 Å². The van der Waals surface area contributed by atoms with Crippen LogP contribution in [-0.4, -0.2) is 64.8 Å². The molecule has 0 aliphatic carbocycles. The predicted molar refractivity (Wildman–Crippen MR) is 213 cm³/mol. The van der Waals surface area contributed by atoms with Crippen molar-refractivity contribution in [1.29, 1.82) is 0 Å². The molecule has 7 rings (SSSR count). The van der Waals surface area contributed by atoms with Crippen molar-refractivity contribution >= 4 is 52.5 Å². The predicted octanol–water partition coefficient (Wildman–Crippen LogP) is 4.05. The van der Waals surface area contributed by atoms with Gasteiger partial charge in [0, 0.05) is 36.2 Å². The average molecular weight is 772 g/mol. The number of hydrogen-bond acceptors (Lipinski definition) is 7. The minimum Gasteiger partial charge on any atom is -0.480 e. The van der Waals surface area contributed by atoms with Crippen molar-refractivity contribution in [2.24, 2.45) is 0 Å². The largest absolute Gasteiger partial charge is 0.480 e. The van der Waals surface area contributed by atoms with E-state index in [1.807, 2.05) is 78.2 Å². The Morgan fingerprint density at radius 1 is 0.571 bits per heavy atom. The van der Waals surface area contributed by atoms with Crippen LogP contribution in [0.3, 0.4) is 0 Å². The van der Waals surface area contributed by atoms with Crippen molar-refractivity contribution in [2.45, 2.75) is 56.3 Å². The van der Waals surface area contributed by atoms with Gasteiger partial charge in [-0.3, -0.25) is 24.0 Å². The summed E-state index contributed by atoms with van der Waals surface area (Å²) < 4.78 is 0. The molecule has 0 fully saturated rings. The van der Waals surface area contributed by atoms with Crippen molar-refractivity contribution in [3.63, 3.8) is 0 Å². The third kappa shape index (κ3) is 11.0. The number of thiophene rings is 1. The molecule has 13 heteroatoms. The van der Waals surface area contributed by atoms with Gasteiger partial charge < -0.3 is 31.7 Å². The first-order valence-electron chi connectivity index (χ1n) is 18.1. The number of hydrogen-bond donors (Lipinski definition) is 6. The Kier molecular flexibility index (Phi) is 13.0. The summed E-state index contributed by atoms with van der Waals surface area (Å²) in [5.74, 6) is -4.71. The lowest BCUT2D eigenvalue weighted by atomic mass is 9.99. The summed E-state index contributed by atoms with van der Waals surface area (Å²) in [6.45, 7) is 0. The van der Waals surface area contributed by atoms with E-state index in [4.69, 9.17) is 0 Å². The second-order valence-corrected chi connectivity index (χ2v) is 14.5. The quantitative estimate of drug-likeness (QED) is 0.102. The Morgan fingerprint density at radius 3 is 1.71 bits per heavy atom. The monoisotopic (exact) mass is 771 g/mol. The van der Waals surface area contributed by atoms with Gasteiger partial charge >= 0.3 is 5.97 Å². The number of fused-ring (bicyclic) bond motifs is 17. The molecule has 2 aliphatic heterocycles. The number of carboxylic acid groups (broad SMARTS) is 1. The molecule has 286 valence electrons. The number of benzene rings is 4. The first-order valence-corrected chi connectivity index (χ1v) is 19.0. The summed E-state index contributed by atoms with van der Waals surface area (Å²) in [5, 5.41) is 25.5. The fourth-order valence-corrected chi connectivity index (χ4v) is 7.13. The number of nitrogens with one attached hydrogen (secondary N) is 5. The molecule has 5 amide bonds. The van der Waals surface area contributed by atoms with Gasteiger partial charge in [0.1, 0.15) is 30.6 Å². The number of amides is 5. The first-order chi connectivity index (χ1) is 27.1. The lowest BCUT2D eigenvalue weighted by Crippen LogP contribution is -2.59. The lowest BCUT2D eigenvalue weighted by molar-refractivity contribution is -0.142. The topological polar surface area (TPSA) is 183 Å². The van der Waals surface area contributed by atoms with Crippen LogP contribution in [0.5, 0.6) is 0 Å². The molecule has 6 N–H and O–H groups in total. The van der Waals surface area contributed by atoms with Crippen LogP contribution in [0, 0.1) is 0 Å². The van der Waals surface area contributed by atoms with Crippen LogP contribution in [0.15, 0.2) is 127 Å². The zero-order chi connectivity index (χ0) is 39.4. The van der Waals surface area contributed by atoms with Gasteiger partial charge in [-0.15, -0.1) is 11.3 Å². The molecular weight excluding hydrogens is 731 g/mol. The fourth-order valence-electron chi connectivity index (χ4n) is 6.38. The second-order valence-electron chi connectivity index (χ2n) is 13.5. The van der Waals surface area contributed by atoms with Gasteiger partial charge in [0.05, 0.1) is 0 Å². The summed E-state index contributed by atoms with van der Waals surface area (Å²) >= 11 is 1.39. The Balaban J connectivity index is 1.35. The van der Waals surface area contributed by atoms with E-state index in [9.17, 15) is 33.9 Å². The molecule has 1 aromatic heterocycles. The minimum absolute atomic E-state index is 0.0156. The zero-order valence-corrected chi connectivity index (χ0v) is 31.1. The van der Waals surface area contributed by atoms with Crippen LogP contribution >= 0.6 is 11.3 Å². The number of anilines is 1. The molecule has 4 unspecified atom stereocenters. The van der Waals surface area contributed by atoms with Crippen molar-refractivity contribution in [3.8, 4) is 11.1 Å². The van der Waals surface area contributed by atoms with Crippen molar-refractivity contribution in [2.75, 3.05) is 5.32 Å². The van der Waals surface area contributed by atoms with Crippen LogP contribution in [0.4, 0.5) is 5.69 Å². The van der Waals surface area contributed by atoms with E-state index >= 15 is 0 Å². The molecule has 4 atom stereocenters. The highest BCUT2D eigenvalue weighted by Gasteiger charge is 2.32. The van der Waals surface area contributed by atoms with E-state index in [1.165, 1.54) is 11.3 Å². The molecule has 0 spiro atoms. The molecule has 2 aliphatic rings. The van der Waals surface area contributed by atoms with Crippen molar-refractivity contribution < 1.29 is 33.9 Å². The van der Waals surface area contributed by atoms with Gasteiger partial charge in [-0.25, -0.2) is 4.79 Å². The number of aliphatic carboxylic acids is 1. The molecule has 2 bridgehead atoms. The van der Waals surface area contributed by atoms with Gasteiger partial charge in [0.25, 0.3) is 0 Å². The third-order valence-corrected chi connectivity index (χ3v) is 10.2. The number of rotatable bonds is 8. The molecule has 56 heavy (non-hydrogen) atoms. The zero-order valence-electron chi connectivity index (χ0n) is 30.3. The van der Waals surface area contributed by atoms with Gasteiger partial charge in [-0.2, -0.15) is 0 Å². The molecule has 5 aromatic rings. The fraction of sp³-hybridized carbons (Fsp3) is 0.209. The molecule has 12 nitrogen and oxygen atoms in total. The van der Waals surface area contributed by atoms with Crippen LogP contribution in [0.1, 0.15) is 28.0 Å². The molecular formula is C43H41N5O7S. The van der Waals surface area contributed by atoms with Crippen LogP contribution in [-0.2, 0) is 54.5 Å². The third-order valence-electron chi connectivity index (χ3n) is 9.30. The summed E-state index contributed by atoms with van der Waals surface area (Å²) in [4.78, 5) is 81.7. The smallest absolute Gasteiger partial charge is 0.326 e. The standard InChI is InChI=1S/C43H41N5O7S/c49-38-26-39(50)45-36(25-33-12-7-21-56-33)42(53)47-35(23-28-13-17-31(18-14-28)30-10-5-2-6-11-30)40(51)46-34(22-27-8-3-1-4-9-27)41(52)48-37(43(54)55)24-29-15-19-32(44-38)20-16-29/h1-21,34-37H,22-26H2,(H,44,49)(H,45,50)(H,46,51)(H,47,53)(H,48,52)(H,54,55). The van der Waals surface area contributed by atoms with Crippen LogP contribution in [0.25, 0.3) is 11.1 Å².